The third-order valence-corrected chi connectivity index (χ3v) is 4.61. The van der Waals surface area contributed by atoms with E-state index in [9.17, 15) is 8.42 Å². The number of nitrogens with one attached hydrogen (secondary N) is 1. The van der Waals surface area contributed by atoms with Gasteiger partial charge >= 0.3 is 0 Å². The second-order valence-electron chi connectivity index (χ2n) is 5.04. The van der Waals surface area contributed by atoms with Crippen molar-refractivity contribution in [3.8, 4) is 0 Å². The second-order valence-corrected chi connectivity index (χ2v) is 7.02. The third kappa shape index (κ3) is 5.84. The van der Waals surface area contributed by atoms with Crippen molar-refractivity contribution in [3.63, 3.8) is 0 Å². The molecule has 4 nitrogen and oxygen atoms in total. The maximum Gasteiger partial charge on any atom is 0.211 e. The zero-order valence-electron chi connectivity index (χ0n) is 11.1. The van der Waals surface area contributed by atoms with Gasteiger partial charge in [-0.1, -0.05) is 19.8 Å². The van der Waals surface area contributed by atoms with Crippen LogP contribution in [0.1, 0.15) is 39.0 Å². The van der Waals surface area contributed by atoms with Crippen molar-refractivity contribution >= 4 is 10.0 Å². The first-order valence-corrected chi connectivity index (χ1v) is 8.54. The smallest absolute Gasteiger partial charge is 0.211 e. The Morgan fingerprint density at radius 3 is 2.76 bits per heavy atom. The molecule has 1 heterocycles. The van der Waals surface area contributed by atoms with Crippen molar-refractivity contribution in [2.75, 3.05) is 32.4 Å². The molecule has 1 aliphatic rings. The van der Waals surface area contributed by atoms with Crippen LogP contribution in [0.5, 0.6) is 0 Å². The molecule has 1 unspecified atom stereocenters. The molecular formula is C12H26N2O2S. The molecule has 102 valence electrons. The number of nitrogens with zero attached hydrogens (tertiary/aromatic N) is 1. The highest BCUT2D eigenvalue weighted by atomic mass is 32.2. The Labute approximate surface area is 106 Å². The first-order chi connectivity index (χ1) is 8.04. The quantitative estimate of drug-likeness (QED) is 0.706. The number of sulfonamides is 1. The zero-order valence-corrected chi connectivity index (χ0v) is 11.9. The number of rotatable bonds is 7. The van der Waals surface area contributed by atoms with Crippen LogP contribution in [-0.4, -0.2) is 45.2 Å². The van der Waals surface area contributed by atoms with E-state index in [0.717, 1.165) is 25.9 Å². The summed E-state index contributed by atoms with van der Waals surface area (Å²) in [5.74, 6) is 0.486. The summed E-state index contributed by atoms with van der Waals surface area (Å²) >= 11 is 0. The largest absolute Gasteiger partial charge is 0.316 e. The minimum absolute atomic E-state index is 0.486. The molecule has 17 heavy (non-hydrogen) atoms. The first-order valence-electron chi connectivity index (χ1n) is 6.70. The van der Waals surface area contributed by atoms with E-state index >= 15 is 0 Å². The van der Waals surface area contributed by atoms with E-state index in [-0.39, 0.29) is 0 Å². The molecule has 1 N–H and O–H groups in total. The average molecular weight is 262 g/mol. The lowest BCUT2D eigenvalue weighted by molar-refractivity contribution is 0.261. The summed E-state index contributed by atoms with van der Waals surface area (Å²) in [6.07, 6.45) is 7.18. The van der Waals surface area contributed by atoms with Crippen LogP contribution in [0.25, 0.3) is 0 Å². The SMILES string of the molecule is CCCCCNCC1CCCN(S(C)(=O)=O)C1. The normalized spacial score (nSPS) is 22.8. The molecule has 5 heteroatoms. The van der Waals surface area contributed by atoms with Crippen LogP contribution in [0.2, 0.25) is 0 Å². The van der Waals surface area contributed by atoms with Gasteiger partial charge in [0.2, 0.25) is 10.0 Å². The van der Waals surface area contributed by atoms with Crippen LogP contribution in [0.15, 0.2) is 0 Å². The van der Waals surface area contributed by atoms with Crippen molar-refractivity contribution in [2.45, 2.75) is 39.0 Å². The summed E-state index contributed by atoms with van der Waals surface area (Å²) < 4.78 is 24.5. The fourth-order valence-corrected chi connectivity index (χ4v) is 3.24. The van der Waals surface area contributed by atoms with Gasteiger partial charge in [-0.05, 0) is 38.3 Å². The Bertz CT molecular complexity index is 304. The molecule has 0 aromatic carbocycles. The Morgan fingerprint density at radius 1 is 1.35 bits per heavy atom. The fourth-order valence-electron chi connectivity index (χ4n) is 2.30. The van der Waals surface area contributed by atoms with Gasteiger partial charge in [-0.3, -0.25) is 0 Å². The number of hydrogen-bond donors (Lipinski definition) is 1. The molecule has 0 saturated carbocycles. The highest BCUT2D eigenvalue weighted by molar-refractivity contribution is 7.88. The summed E-state index contributed by atoms with van der Waals surface area (Å²) in [5, 5.41) is 3.44. The summed E-state index contributed by atoms with van der Waals surface area (Å²) in [7, 11) is -2.99. The van der Waals surface area contributed by atoms with E-state index in [0.29, 0.717) is 19.0 Å². The molecule has 1 saturated heterocycles. The van der Waals surface area contributed by atoms with Crippen LogP contribution in [0.4, 0.5) is 0 Å². The minimum atomic E-state index is -2.99. The first kappa shape index (κ1) is 14.9. The van der Waals surface area contributed by atoms with Gasteiger partial charge in [0.1, 0.15) is 0 Å². The van der Waals surface area contributed by atoms with Gasteiger partial charge in [0.05, 0.1) is 6.26 Å². The lowest BCUT2D eigenvalue weighted by Crippen LogP contribution is -2.42. The Balaban J connectivity index is 2.21. The predicted molar refractivity (Wildman–Crippen MR) is 71.5 cm³/mol. The van der Waals surface area contributed by atoms with Gasteiger partial charge in [-0.2, -0.15) is 0 Å². The maximum absolute atomic E-state index is 11.5. The lowest BCUT2D eigenvalue weighted by Gasteiger charge is -2.31. The summed E-state index contributed by atoms with van der Waals surface area (Å²) in [6.45, 7) is 5.61. The highest BCUT2D eigenvalue weighted by Gasteiger charge is 2.25. The molecular weight excluding hydrogens is 236 g/mol. The molecule has 1 atom stereocenters. The number of piperidine rings is 1. The Kier molecular flexibility index (Phi) is 6.44. The van der Waals surface area contributed by atoms with Crippen molar-refractivity contribution in [3.05, 3.63) is 0 Å². The van der Waals surface area contributed by atoms with Crippen LogP contribution < -0.4 is 5.32 Å². The van der Waals surface area contributed by atoms with Gasteiger partial charge in [0.15, 0.2) is 0 Å². The van der Waals surface area contributed by atoms with Crippen LogP contribution in [0.3, 0.4) is 0 Å². The van der Waals surface area contributed by atoms with E-state index in [1.165, 1.54) is 25.5 Å². The Morgan fingerprint density at radius 2 is 2.12 bits per heavy atom. The fraction of sp³-hybridized carbons (Fsp3) is 1.00. The van der Waals surface area contributed by atoms with E-state index in [2.05, 4.69) is 12.2 Å². The summed E-state index contributed by atoms with van der Waals surface area (Å²) in [4.78, 5) is 0. The van der Waals surface area contributed by atoms with Gasteiger partial charge in [-0.15, -0.1) is 0 Å². The molecule has 0 aliphatic carbocycles. The van der Waals surface area contributed by atoms with Crippen molar-refractivity contribution in [1.29, 1.82) is 0 Å². The number of unbranched alkanes of at least 4 members (excludes halogenated alkanes) is 2. The standard InChI is InChI=1S/C12H26N2O2S/c1-3-4-5-8-13-10-12-7-6-9-14(11-12)17(2,15)16/h12-13H,3-11H2,1-2H3. The topological polar surface area (TPSA) is 49.4 Å². The molecule has 0 spiro atoms. The second kappa shape index (κ2) is 7.34. The molecule has 0 amide bonds. The van der Waals surface area contributed by atoms with Crippen LogP contribution in [-0.2, 0) is 10.0 Å². The summed E-state index contributed by atoms with van der Waals surface area (Å²) in [6, 6.07) is 0. The molecule has 1 fully saturated rings. The number of hydrogen-bond acceptors (Lipinski definition) is 3. The Hall–Kier alpha value is -0.130. The molecule has 0 aromatic heterocycles. The van der Waals surface area contributed by atoms with E-state index in [1.54, 1.807) is 4.31 Å². The zero-order chi connectivity index (χ0) is 12.7. The van der Waals surface area contributed by atoms with Gasteiger partial charge < -0.3 is 5.32 Å². The highest BCUT2D eigenvalue weighted by Crippen LogP contribution is 2.17. The molecule has 0 bridgehead atoms. The van der Waals surface area contributed by atoms with Gasteiger partial charge in [-0.25, -0.2) is 12.7 Å². The lowest BCUT2D eigenvalue weighted by atomic mass is 10.00. The monoisotopic (exact) mass is 262 g/mol. The summed E-state index contributed by atoms with van der Waals surface area (Å²) in [5.41, 5.74) is 0. The molecule has 1 rings (SSSR count). The van der Waals surface area contributed by atoms with Crippen molar-refractivity contribution in [2.24, 2.45) is 5.92 Å². The van der Waals surface area contributed by atoms with E-state index in [4.69, 9.17) is 0 Å². The molecule has 1 aliphatic heterocycles. The van der Waals surface area contributed by atoms with Crippen LogP contribution >= 0.6 is 0 Å². The minimum Gasteiger partial charge on any atom is -0.316 e. The van der Waals surface area contributed by atoms with Crippen LogP contribution in [0, 0.1) is 5.92 Å². The molecule has 0 radical (unpaired) electrons. The van der Waals surface area contributed by atoms with E-state index < -0.39 is 10.0 Å². The average Bonchev–Trinajstić information content (AvgIpc) is 2.28. The molecule has 0 aromatic rings. The van der Waals surface area contributed by atoms with Crippen molar-refractivity contribution in [1.82, 2.24) is 9.62 Å². The van der Waals surface area contributed by atoms with Crippen molar-refractivity contribution < 1.29 is 8.42 Å². The van der Waals surface area contributed by atoms with Gasteiger partial charge in [0.25, 0.3) is 0 Å². The van der Waals surface area contributed by atoms with E-state index in [1.807, 2.05) is 0 Å². The third-order valence-electron chi connectivity index (χ3n) is 3.34. The predicted octanol–water partition coefficient (Wildman–Crippen LogP) is 1.44. The van der Waals surface area contributed by atoms with Gasteiger partial charge in [0, 0.05) is 13.1 Å². The maximum atomic E-state index is 11.5.